The van der Waals surface area contributed by atoms with Crippen LogP contribution in [0.5, 0.6) is 0 Å². The Balaban J connectivity index is 2.80. The highest BCUT2D eigenvalue weighted by molar-refractivity contribution is 6.25. The molecular weight excluding hydrogens is 188 g/mol. The molecule has 0 bridgehead atoms. The maximum absolute atomic E-state index is 10.6. The van der Waals surface area contributed by atoms with Crippen LogP contribution in [0.1, 0.15) is 0 Å². The van der Waals surface area contributed by atoms with Crippen molar-refractivity contribution in [2.45, 2.75) is 11.5 Å². The van der Waals surface area contributed by atoms with Crippen LogP contribution in [0, 0.1) is 15.5 Å². The Bertz CT molecular complexity index is 255. The number of halogens is 1. The lowest BCUT2D eigenvalue weighted by atomic mass is 10.2. The van der Waals surface area contributed by atoms with E-state index in [1.807, 2.05) is 5.32 Å². The molecule has 0 aromatic rings. The third kappa shape index (κ3) is 1.45. The molecular formula is C4H5ClN4O3. The molecule has 8 heteroatoms. The quantitative estimate of drug-likeness (QED) is 0.225. The van der Waals surface area contributed by atoms with Crippen molar-refractivity contribution < 1.29 is 9.72 Å². The number of nitro groups is 1. The molecule has 0 spiro atoms. The zero-order chi connectivity index (χ0) is 9.30. The van der Waals surface area contributed by atoms with E-state index in [1.54, 1.807) is 0 Å². The molecule has 1 rings (SSSR count). The summed E-state index contributed by atoms with van der Waals surface area (Å²) < 4.78 is 0. The first-order chi connectivity index (χ1) is 5.52. The van der Waals surface area contributed by atoms with Gasteiger partial charge in [-0.25, -0.2) is 4.79 Å². The van der Waals surface area contributed by atoms with E-state index in [2.05, 4.69) is 5.32 Å². The van der Waals surface area contributed by atoms with Crippen LogP contribution in [0.2, 0.25) is 0 Å². The van der Waals surface area contributed by atoms with E-state index in [0.717, 1.165) is 0 Å². The fourth-order valence-electron chi connectivity index (χ4n) is 0.795. The Labute approximate surface area is 71.7 Å². The molecule has 1 saturated heterocycles. The first-order valence-corrected chi connectivity index (χ1v) is 3.39. The molecule has 2 unspecified atom stereocenters. The maximum Gasteiger partial charge on any atom is 0.321 e. The molecule has 0 aromatic heterocycles. The lowest BCUT2D eigenvalue weighted by Gasteiger charge is -2.22. The molecule has 2 amide bonds. The number of carbonyl (C=O) groups is 1. The molecule has 1 heterocycles. The van der Waals surface area contributed by atoms with Gasteiger partial charge >= 0.3 is 12.1 Å². The van der Waals surface area contributed by atoms with Gasteiger partial charge in [0.2, 0.25) is 0 Å². The van der Waals surface area contributed by atoms with Gasteiger partial charge in [-0.05, 0) is 0 Å². The highest BCUT2D eigenvalue weighted by atomic mass is 35.5. The summed E-state index contributed by atoms with van der Waals surface area (Å²) in [6.07, 6.45) is 0. The highest BCUT2D eigenvalue weighted by Crippen LogP contribution is 2.07. The van der Waals surface area contributed by atoms with Gasteiger partial charge in [0.05, 0.1) is 0 Å². The molecule has 0 radical (unpaired) electrons. The Morgan fingerprint density at radius 1 is 1.67 bits per heavy atom. The molecule has 0 aromatic carbocycles. The average molecular weight is 193 g/mol. The Morgan fingerprint density at radius 2 is 2.25 bits per heavy atom. The van der Waals surface area contributed by atoms with Gasteiger partial charge in [-0.2, -0.15) is 0 Å². The minimum Gasteiger partial charge on any atom is -0.315 e. The van der Waals surface area contributed by atoms with Crippen LogP contribution in [0.3, 0.4) is 0 Å². The first-order valence-electron chi connectivity index (χ1n) is 2.96. The summed E-state index contributed by atoms with van der Waals surface area (Å²) in [7, 11) is 0. The van der Waals surface area contributed by atoms with Gasteiger partial charge in [-0.1, -0.05) is 11.6 Å². The van der Waals surface area contributed by atoms with Gasteiger partial charge in [0.25, 0.3) is 0 Å². The van der Waals surface area contributed by atoms with E-state index in [-0.39, 0.29) is 0 Å². The van der Waals surface area contributed by atoms with E-state index >= 15 is 0 Å². The third-order valence-electron chi connectivity index (χ3n) is 1.32. The second-order valence-electron chi connectivity index (χ2n) is 2.14. The van der Waals surface area contributed by atoms with Crippen LogP contribution in [0.15, 0.2) is 0 Å². The lowest BCUT2D eigenvalue weighted by Crippen LogP contribution is -2.61. The topological polar surface area (TPSA) is 108 Å². The number of urea groups is 1. The molecule has 1 fully saturated rings. The summed E-state index contributed by atoms with van der Waals surface area (Å²) in [5, 5.41) is 21.3. The van der Waals surface area contributed by atoms with E-state index < -0.39 is 28.3 Å². The van der Waals surface area contributed by atoms with Crippen molar-refractivity contribution in [2.24, 2.45) is 0 Å². The van der Waals surface area contributed by atoms with Crippen LogP contribution < -0.4 is 10.6 Å². The zero-order valence-electron chi connectivity index (χ0n) is 5.70. The fourth-order valence-corrected chi connectivity index (χ4v) is 1.11. The van der Waals surface area contributed by atoms with E-state index in [0.29, 0.717) is 0 Å². The summed E-state index contributed by atoms with van der Waals surface area (Å²) in [5.41, 5.74) is -1.17. The molecule has 0 saturated carbocycles. The number of nitrogens with zero attached hydrogens (tertiary/aromatic N) is 1. The fraction of sp³-hybridized carbons (Fsp3) is 0.500. The molecule has 66 valence electrons. The van der Waals surface area contributed by atoms with Crippen molar-refractivity contribution in [3.05, 3.63) is 10.1 Å². The summed E-state index contributed by atoms with van der Waals surface area (Å²) in [6, 6.07) is -2.09. The monoisotopic (exact) mass is 192 g/mol. The summed E-state index contributed by atoms with van der Waals surface area (Å²) in [5.74, 6) is -0.497. The van der Waals surface area contributed by atoms with Crippen molar-refractivity contribution in [1.29, 1.82) is 5.41 Å². The molecule has 1 aliphatic heterocycles. The maximum atomic E-state index is 10.6. The number of nitrogens with one attached hydrogen (secondary N) is 3. The van der Waals surface area contributed by atoms with Crippen molar-refractivity contribution in [1.82, 2.24) is 10.6 Å². The lowest BCUT2D eigenvalue weighted by molar-refractivity contribution is -0.504. The Kier molecular flexibility index (Phi) is 2.13. The third-order valence-corrected chi connectivity index (χ3v) is 1.67. The SMILES string of the molecule is N=C1NC(=O)NC(Cl)C1[N+](=O)[O-]. The summed E-state index contributed by atoms with van der Waals surface area (Å²) >= 11 is 5.41. The standard InChI is InChI=1S/C4H5ClN4O3/c5-2-1(9(11)12)3(6)8-4(10)7-2/h1-2H,(H3,6,7,8,10). The number of alkyl halides is 1. The normalized spacial score (nSPS) is 29.1. The second-order valence-corrected chi connectivity index (χ2v) is 2.61. The first kappa shape index (κ1) is 8.72. The average Bonchev–Trinajstić information content (AvgIpc) is 1.82. The number of rotatable bonds is 1. The minimum absolute atomic E-state index is 0.497. The predicted molar refractivity (Wildman–Crippen MR) is 39.8 cm³/mol. The number of amidine groups is 1. The smallest absolute Gasteiger partial charge is 0.315 e. The van der Waals surface area contributed by atoms with Gasteiger partial charge in [0.1, 0.15) is 0 Å². The number of hydrogen-bond donors (Lipinski definition) is 3. The van der Waals surface area contributed by atoms with Crippen LogP contribution >= 0.6 is 11.6 Å². The number of carbonyl (C=O) groups excluding carboxylic acids is 1. The highest BCUT2D eigenvalue weighted by Gasteiger charge is 2.40. The van der Waals surface area contributed by atoms with Crippen molar-refractivity contribution in [2.75, 3.05) is 0 Å². The molecule has 3 N–H and O–H groups in total. The van der Waals surface area contributed by atoms with Crippen molar-refractivity contribution in [3.8, 4) is 0 Å². The van der Waals surface area contributed by atoms with Crippen molar-refractivity contribution in [3.63, 3.8) is 0 Å². The van der Waals surface area contributed by atoms with Gasteiger partial charge in [-0.15, -0.1) is 0 Å². The van der Waals surface area contributed by atoms with E-state index in [1.165, 1.54) is 0 Å². The molecule has 7 nitrogen and oxygen atoms in total. The second kappa shape index (κ2) is 2.94. The summed E-state index contributed by atoms with van der Waals surface area (Å²) in [6.45, 7) is 0. The van der Waals surface area contributed by atoms with Gasteiger partial charge in [0, 0.05) is 4.92 Å². The van der Waals surface area contributed by atoms with Gasteiger partial charge in [0.15, 0.2) is 11.3 Å². The van der Waals surface area contributed by atoms with Crippen LogP contribution in [-0.2, 0) is 0 Å². The van der Waals surface area contributed by atoms with E-state index in [4.69, 9.17) is 17.0 Å². The Hall–Kier alpha value is -1.37. The van der Waals surface area contributed by atoms with Crippen LogP contribution in [-0.4, -0.2) is 28.3 Å². The molecule has 1 aliphatic rings. The number of hydrogen-bond acceptors (Lipinski definition) is 4. The molecule has 2 atom stereocenters. The summed E-state index contributed by atoms with van der Waals surface area (Å²) in [4.78, 5) is 20.1. The Morgan fingerprint density at radius 3 is 2.67 bits per heavy atom. The van der Waals surface area contributed by atoms with E-state index in [9.17, 15) is 14.9 Å². The predicted octanol–water partition coefficient (Wildman–Crippen LogP) is -0.513. The van der Waals surface area contributed by atoms with Gasteiger partial charge < -0.3 is 5.32 Å². The van der Waals surface area contributed by atoms with Gasteiger partial charge in [-0.3, -0.25) is 20.8 Å². The zero-order valence-corrected chi connectivity index (χ0v) is 6.46. The van der Waals surface area contributed by atoms with Crippen LogP contribution in [0.4, 0.5) is 4.79 Å². The minimum atomic E-state index is -1.40. The largest absolute Gasteiger partial charge is 0.321 e. The van der Waals surface area contributed by atoms with Crippen molar-refractivity contribution >= 4 is 23.5 Å². The molecule has 12 heavy (non-hydrogen) atoms. The molecule has 0 aliphatic carbocycles. The number of amides is 2. The van der Waals surface area contributed by atoms with Crippen LogP contribution in [0.25, 0.3) is 0 Å².